The van der Waals surface area contributed by atoms with Crippen molar-refractivity contribution >= 4 is 11.8 Å². The van der Waals surface area contributed by atoms with E-state index in [-0.39, 0.29) is 43.3 Å². The molecular formula is C18H27N3O4. The number of amides is 2. The Bertz CT molecular complexity index is 640. The average molecular weight is 349 g/mol. The number of hydrogen-bond acceptors (Lipinski definition) is 5. The highest BCUT2D eigenvalue weighted by atomic mass is 16.7. The highest BCUT2D eigenvalue weighted by molar-refractivity contribution is 5.81. The van der Waals surface area contributed by atoms with Crippen molar-refractivity contribution in [3.05, 3.63) is 23.8 Å². The topological polar surface area (TPSA) is 79.9 Å². The Morgan fingerprint density at radius 3 is 2.48 bits per heavy atom. The van der Waals surface area contributed by atoms with Gasteiger partial charge in [-0.25, -0.2) is 0 Å². The molecule has 2 amide bonds. The van der Waals surface area contributed by atoms with Crippen molar-refractivity contribution in [1.29, 1.82) is 0 Å². The molecule has 0 aromatic heterocycles. The molecule has 138 valence electrons. The fourth-order valence-corrected chi connectivity index (χ4v) is 2.56. The van der Waals surface area contributed by atoms with Gasteiger partial charge in [0.15, 0.2) is 11.5 Å². The van der Waals surface area contributed by atoms with E-state index in [1.54, 1.807) is 11.9 Å². The number of ether oxygens (including phenoxy) is 2. The van der Waals surface area contributed by atoms with E-state index in [4.69, 9.17) is 9.47 Å². The number of rotatable bonds is 6. The maximum atomic E-state index is 12.2. The zero-order chi connectivity index (χ0) is 18.6. The minimum atomic E-state index is -0.284. The molecule has 1 aliphatic rings. The lowest BCUT2D eigenvalue weighted by atomic mass is 10.1. The van der Waals surface area contributed by atoms with Gasteiger partial charge in [-0.15, -0.1) is 0 Å². The van der Waals surface area contributed by atoms with Crippen molar-refractivity contribution < 1.29 is 19.1 Å². The van der Waals surface area contributed by atoms with Crippen LogP contribution in [0.5, 0.6) is 11.5 Å². The zero-order valence-electron chi connectivity index (χ0n) is 15.5. The van der Waals surface area contributed by atoms with Gasteiger partial charge in [-0.2, -0.15) is 0 Å². The van der Waals surface area contributed by atoms with Gasteiger partial charge in [0.25, 0.3) is 0 Å². The van der Waals surface area contributed by atoms with E-state index in [0.29, 0.717) is 11.5 Å². The van der Waals surface area contributed by atoms with Crippen LogP contribution in [0.3, 0.4) is 0 Å². The van der Waals surface area contributed by atoms with Crippen molar-refractivity contribution in [2.45, 2.75) is 39.3 Å². The van der Waals surface area contributed by atoms with Crippen LogP contribution < -0.4 is 20.1 Å². The predicted molar refractivity (Wildman–Crippen MR) is 94.5 cm³/mol. The SMILES string of the molecule is C[C@@H](NC(=O)CN(C)CC(=O)NC(C)(C)C)c1ccc2c(c1)OCO2. The van der Waals surface area contributed by atoms with Crippen molar-refractivity contribution in [3.63, 3.8) is 0 Å². The van der Waals surface area contributed by atoms with Crippen LogP contribution in [-0.2, 0) is 9.59 Å². The maximum Gasteiger partial charge on any atom is 0.234 e. The summed E-state index contributed by atoms with van der Waals surface area (Å²) >= 11 is 0. The lowest BCUT2D eigenvalue weighted by molar-refractivity contribution is -0.125. The molecule has 2 rings (SSSR count). The van der Waals surface area contributed by atoms with Crippen molar-refractivity contribution in [2.75, 3.05) is 26.9 Å². The van der Waals surface area contributed by atoms with Crippen LogP contribution in [-0.4, -0.2) is 49.2 Å². The summed E-state index contributed by atoms with van der Waals surface area (Å²) in [6, 6.07) is 5.44. The minimum Gasteiger partial charge on any atom is -0.454 e. The molecule has 0 saturated heterocycles. The van der Waals surface area contributed by atoms with E-state index in [1.165, 1.54) is 0 Å². The fraction of sp³-hybridized carbons (Fsp3) is 0.556. The molecule has 2 N–H and O–H groups in total. The summed E-state index contributed by atoms with van der Waals surface area (Å²) in [5, 5.41) is 5.81. The van der Waals surface area contributed by atoms with E-state index in [9.17, 15) is 9.59 Å². The van der Waals surface area contributed by atoms with Crippen molar-refractivity contribution in [2.24, 2.45) is 0 Å². The summed E-state index contributed by atoms with van der Waals surface area (Å²) in [5.74, 6) is 1.16. The Hall–Kier alpha value is -2.28. The Morgan fingerprint density at radius 2 is 1.80 bits per heavy atom. The van der Waals surface area contributed by atoms with Gasteiger partial charge < -0.3 is 20.1 Å². The number of fused-ring (bicyclic) bond motifs is 1. The molecule has 0 fully saturated rings. The second-order valence-electron chi connectivity index (χ2n) is 7.37. The zero-order valence-corrected chi connectivity index (χ0v) is 15.5. The van der Waals surface area contributed by atoms with Crippen LogP contribution in [0.2, 0.25) is 0 Å². The number of carbonyl (C=O) groups excluding carboxylic acids is 2. The molecule has 1 heterocycles. The molecule has 25 heavy (non-hydrogen) atoms. The Morgan fingerprint density at radius 1 is 1.16 bits per heavy atom. The first kappa shape index (κ1) is 19.1. The lowest BCUT2D eigenvalue weighted by Gasteiger charge is -2.23. The van der Waals surface area contributed by atoms with Crippen molar-refractivity contribution in [1.82, 2.24) is 15.5 Å². The number of benzene rings is 1. The van der Waals surface area contributed by atoms with Gasteiger partial charge in [0.2, 0.25) is 18.6 Å². The highest BCUT2D eigenvalue weighted by Gasteiger charge is 2.19. The van der Waals surface area contributed by atoms with Crippen LogP contribution in [0.15, 0.2) is 18.2 Å². The molecule has 7 nitrogen and oxygen atoms in total. The van der Waals surface area contributed by atoms with Gasteiger partial charge in [0.05, 0.1) is 19.1 Å². The van der Waals surface area contributed by atoms with Crippen LogP contribution in [0.25, 0.3) is 0 Å². The molecule has 0 radical (unpaired) electrons. The Balaban J connectivity index is 1.82. The molecule has 1 aliphatic heterocycles. The normalized spacial score (nSPS) is 14.3. The van der Waals surface area contributed by atoms with Crippen LogP contribution in [0, 0.1) is 0 Å². The monoisotopic (exact) mass is 349 g/mol. The third-order valence-corrected chi connectivity index (χ3v) is 3.62. The Labute approximate surface area is 148 Å². The highest BCUT2D eigenvalue weighted by Crippen LogP contribution is 2.34. The molecule has 7 heteroatoms. The van der Waals surface area contributed by atoms with Gasteiger partial charge in [-0.1, -0.05) is 6.07 Å². The number of carbonyl (C=O) groups is 2. The first-order chi connectivity index (χ1) is 11.6. The molecule has 0 unspecified atom stereocenters. The molecule has 0 bridgehead atoms. The molecule has 0 aliphatic carbocycles. The largest absolute Gasteiger partial charge is 0.454 e. The molecule has 1 aromatic rings. The minimum absolute atomic E-state index is 0.105. The average Bonchev–Trinajstić information content (AvgIpc) is 2.91. The van der Waals surface area contributed by atoms with Gasteiger partial charge in [0, 0.05) is 5.54 Å². The number of likely N-dealkylation sites (N-methyl/N-ethyl adjacent to an activating group) is 1. The first-order valence-corrected chi connectivity index (χ1v) is 8.32. The predicted octanol–water partition coefficient (Wildman–Crippen LogP) is 1.44. The van der Waals surface area contributed by atoms with Crippen LogP contribution >= 0.6 is 0 Å². The number of nitrogens with zero attached hydrogens (tertiary/aromatic N) is 1. The van der Waals surface area contributed by atoms with E-state index >= 15 is 0 Å². The second kappa shape index (κ2) is 7.74. The van der Waals surface area contributed by atoms with Gasteiger partial charge >= 0.3 is 0 Å². The van der Waals surface area contributed by atoms with Crippen LogP contribution in [0.4, 0.5) is 0 Å². The first-order valence-electron chi connectivity index (χ1n) is 8.32. The maximum absolute atomic E-state index is 12.2. The summed E-state index contributed by atoms with van der Waals surface area (Å²) in [6.07, 6.45) is 0. The molecule has 1 atom stereocenters. The molecular weight excluding hydrogens is 322 g/mol. The van der Waals surface area contributed by atoms with E-state index in [0.717, 1.165) is 5.56 Å². The standard InChI is InChI=1S/C18H27N3O4/c1-12(13-6-7-14-15(8-13)25-11-24-14)19-16(22)9-21(5)10-17(23)20-18(2,3)4/h6-8,12H,9-11H2,1-5H3,(H,19,22)(H,20,23)/t12-/m1/s1. The number of hydrogen-bond donors (Lipinski definition) is 2. The summed E-state index contributed by atoms with van der Waals surface area (Å²) in [6.45, 7) is 8.21. The van der Waals surface area contributed by atoms with E-state index < -0.39 is 0 Å². The molecule has 0 saturated carbocycles. The summed E-state index contributed by atoms with van der Waals surface area (Å²) in [5.41, 5.74) is 0.652. The summed E-state index contributed by atoms with van der Waals surface area (Å²) < 4.78 is 10.6. The quantitative estimate of drug-likeness (QED) is 0.812. The third-order valence-electron chi connectivity index (χ3n) is 3.62. The smallest absolute Gasteiger partial charge is 0.234 e. The van der Waals surface area contributed by atoms with Gasteiger partial charge in [-0.3, -0.25) is 14.5 Å². The second-order valence-corrected chi connectivity index (χ2v) is 7.37. The Kier molecular flexibility index (Phi) is 5.89. The van der Waals surface area contributed by atoms with Gasteiger partial charge in [-0.05, 0) is 52.4 Å². The van der Waals surface area contributed by atoms with Crippen LogP contribution in [0.1, 0.15) is 39.3 Å². The van der Waals surface area contributed by atoms with Crippen molar-refractivity contribution in [3.8, 4) is 11.5 Å². The third kappa shape index (κ3) is 5.94. The van der Waals surface area contributed by atoms with E-state index in [2.05, 4.69) is 10.6 Å². The molecule has 0 spiro atoms. The van der Waals surface area contributed by atoms with Gasteiger partial charge in [0.1, 0.15) is 0 Å². The summed E-state index contributed by atoms with van der Waals surface area (Å²) in [7, 11) is 1.74. The summed E-state index contributed by atoms with van der Waals surface area (Å²) in [4.78, 5) is 25.8. The molecule has 1 aromatic carbocycles. The lowest BCUT2D eigenvalue weighted by Crippen LogP contribution is -2.47. The van der Waals surface area contributed by atoms with E-state index in [1.807, 2.05) is 45.9 Å². The fourth-order valence-electron chi connectivity index (χ4n) is 2.56. The number of nitrogens with one attached hydrogen (secondary N) is 2.